The molecule has 0 amide bonds. The van der Waals surface area contributed by atoms with Crippen LogP contribution in [-0.2, 0) is 16.2 Å². The van der Waals surface area contributed by atoms with E-state index in [0.29, 0.717) is 0 Å². The summed E-state index contributed by atoms with van der Waals surface area (Å²) >= 11 is 0. The summed E-state index contributed by atoms with van der Waals surface area (Å²) in [6.07, 6.45) is 2.06. The number of hydrogen-bond donors (Lipinski definition) is 0. The second-order valence-corrected chi connectivity index (χ2v) is 12.5. The summed E-state index contributed by atoms with van der Waals surface area (Å²) in [6, 6.07) is 19.4. The third-order valence-corrected chi connectivity index (χ3v) is 7.04. The van der Waals surface area contributed by atoms with Gasteiger partial charge in [0.1, 0.15) is 0 Å². The van der Waals surface area contributed by atoms with Gasteiger partial charge in [0, 0.05) is 23.1 Å². The first kappa shape index (κ1) is 25.8. The highest BCUT2D eigenvalue weighted by atomic mass is 15.3. The van der Waals surface area contributed by atoms with E-state index in [1.165, 1.54) is 11.1 Å². The van der Waals surface area contributed by atoms with Crippen LogP contribution < -0.4 is 0 Å². The molecule has 3 heterocycles. The SMILES string of the molecule is Cc1ccc(-c2cc(C(C)(C)C)cc(C(C)(C)c3ccn(-c4cccc(C(C)(C)C)c4)n3)n2)c(C)n1. The summed E-state index contributed by atoms with van der Waals surface area (Å²) in [6.45, 7) is 22.0. The predicted octanol–water partition coefficient (Wildman–Crippen LogP) is 7.87. The molecule has 0 aliphatic carbocycles. The van der Waals surface area contributed by atoms with Gasteiger partial charge in [-0.15, -0.1) is 0 Å². The van der Waals surface area contributed by atoms with Crippen LogP contribution in [-0.4, -0.2) is 19.7 Å². The second-order valence-electron chi connectivity index (χ2n) is 12.5. The lowest BCUT2D eigenvalue weighted by atomic mass is 9.80. The van der Waals surface area contributed by atoms with E-state index in [4.69, 9.17) is 15.1 Å². The quantitative estimate of drug-likeness (QED) is 0.298. The molecule has 4 heteroatoms. The van der Waals surface area contributed by atoms with E-state index in [1.54, 1.807) is 0 Å². The number of hydrogen-bond acceptors (Lipinski definition) is 3. The van der Waals surface area contributed by atoms with Crippen molar-refractivity contribution in [2.45, 2.75) is 85.5 Å². The maximum Gasteiger partial charge on any atom is 0.0744 e. The van der Waals surface area contributed by atoms with Crippen LogP contribution in [0.15, 0.2) is 60.8 Å². The largest absolute Gasteiger partial charge is 0.258 e. The summed E-state index contributed by atoms with van der Waals surface area (Å²) in [5.74, 6) is 0. The van der Waals surface area contributed by atoms with Gasteiger partial charge in [0.25, 0.3) is 0 Å². The highest BCUT2D eigenvalue weighted by Crippen LogP contribution is 2.35. The standard InChI is InChI=1S/C32H40N4/c1-21-14-15-26(22(2)33-21)27-19-24(31(6,7)8)20-29(34-27)32(9,10)28-16-17-36(35-28)25-13-11-12-23(18-25)30(3,4)5/h11-20H,1-10H3. The Labute approximate surface area is 216 Å². The van der Waals surface area contributed by atoms with E-state index >= 15 is 0 Å². The third-order valence-electron chi connectivity index (χ3n) is 7.04. The first-order valence-electron chi connectivity index (χ1n) is 12.8. The van der Waals surface area contributed by atoms with E-state index in [1.807, 2.05) is 11.6 Å². The van der Waals surface area contributed by atoms with Crippen molar-refractivity contribution >= 4 is 0 Å². The molecule has 4 rings (SSSR count). The van der Waals surface area contributed by atoms with Gasteiger partial charge >= 0.3 is 0 Å². The molecule has 0 radical (unpaired) electrons. The van der Waals surface area contributed by atoms with Crippen molar-refractivity contribution in [3.8, 4) is 16.9 Å². The normalized spacial score (nSPS) is 12.7. The first-order valence-corrected chi connectivity index (χ1v) is 12.8. The maximum absolute atomic E-state index is 5.19. The molecule has 0 spiro atoms. The van der Waals surface area contributed by atoms with E-state index in [2.05, 4.69) is 123 Å². The van der Waals surface area contributed by atoms with E-state index in [-0.39, 0.29) is 16.2 Å². The molecule has 0 unspecified atom stereocenters. The predicted molar refractivity (Wildman–Crippen MR) is 150 cm³/mol. The summed E-state index contributed by atoms with van der Waals surface area (Å²) in [5, 5.41) is 5.04. The van der Waals surface area contributed by atoms with Crippen LogP contribution in [0.25, 0.3) is 16.9 Å². The Morgan fingerprint density at radius 2 is 1.36 bits per heavy atom. The van der Waals surface area contributed by atoms with Gasteiger partial charge in [-0.1, -0.05) is 53.7 Å². The molecule has 36 heavy (non-hydrogen) atoms. The molecule has 0 aliphatic rings. The van der Waals surface area contributed by atoms with Crippen molar-refractivity contribution in [2.24, 2.45) is 0 Å². The van der Waals surface area contributed by atoms with Crippen LogP contribution in [0.3, 0.4) is 0 Å². The number of aryl methyl sites for hydroxylation is 2. The third kappa shape index (κ3) is 5.13. The highest BCUT2D eigenvalue weighted by molar-refractivity contribution is 5.63. The highest BCUT2D eigenvalue weighted by Gasteiger charge is 2.30. The molecule has 4 aromatic rings. The van der Waals surface area contributed by atoms with Crippen molar-refractivity contribution in [1.82, 2.24) is 19.7 Å². The number of rotatable bonds is 4. The molecule has 0 saturated carbocycles. The van der Waals surface area contributed by atoms with Gasteiger partial charge in [-0.05, 0) is 92.1 Å². The molecule has 4 nitrogen and oxygen atoms in total. The molecule has 0 fully saturated rings. The van der Waals surface area contributed by atoms with Gasteiger partial charge in [0.15, 0.2) is 0 Å². The molecule has 0 saturated heterocycles. The van der Waals surface area contributed by atoms with Crippen LogP contribution in [0.4, 0.5) is 0 Å². The first-order chi connectivity index (χ1) is 16.7. The summed E-state index contributed by atoms with van der Waals surface area (Å²) in [7, 11) is 0. The van der Waals surface area contributed by atoms with Gasteiger partial charge in [0.05, 0.1) is 28.2 Å². The Balaban J connectivity index is 1.81. The van der Waals surface area contributed by atoms with Gasteiger partial charge < -0.3 is 0 Å². The fourth-order valence-corrected chi connectivity index (χ4v) is 4.43. The molecular formula is C32H40N4. The lowest BCUT2D eigenvalue weighted by Crippen LogP contribution is -2.24. The lowest BCUT2D eigenvalue weighted by Gasteiger charge is -2.27. The van der Waals surface area contributed by atoms with Crippen molar-refractivity contribution in [1.29, 1.82) is 0 Å². The molecule has 0 atom stereocenters. The van der Waals surface area contributed by atoms with E-state index in [0.717, 1.165) is 39.7 Å². The van der Waals surface area contributed by atoms with Crippen molar-refractivity contribution in [3.63, 3.8) is 0 Å². The van der Waals surface area contributed by atoms with Crippen LogP contribution in [0.2, 0.25) is 0 Å². The number of pyridine rings is 2. The smallest absolute Gasteiger partial charge is 0.0744 e. The Morgan fingerprint density at radius 3 is 2.00 bits per heavy atom. The molecule has 1 aromatic carbocycles. The average molecular weight is 481 g/mol. The van der Waals surface area contributed by atoms with E-state index in [9.17, 15) is 0 Å². The summed E-state index contributed by atoms with van der Waals surface area (Å²) < 4.78 is 1.98. The van der Waals surface area contributed by atoms with Crippen molar-refractivity contribution in [2.75, 3.05) is 0 Å². The lowest BCUT2D eigenvalue weighted by molar-refractivity contribution is 0.563. The second kappa shape index (κ2) is 8.99. The molecule has 0 N–H and O–H groups in total. The molecule has 0 aliphatic heterocycles. The van der Waals surface area contributed by atoms with Crippen LogP contribution in [0.5, 0.6) is 0 Å². The molecule has 0 bridgehead atoms. The fraction of sp³-hybridized carbons (Fsp3) is 0.406. The molecule has 3 aromatic heterocycles. The Kier molecular flexibility index (Phi) is 6.45. The summed E-state index contributed by atoms with van der Waals surface area (Å²) in [4.78, 5) is 9.89. The number of benzene rings is 1. The minimum Gasteiger partial charge on any atom is -0.258 e. The van der Waals surface area contributed by atoms with Crippen LogP contribution in [0, 0.1) is 13.8 Å². The van der Waals surface area contributed by atoms with Crippen molar-refractivity contribution < 1.29 is 0 Å². The van der Waals surface area contributed by atoms with Gasteiger partial charge in [-0.2, -0.15) is 5.10 Å². The topological polar surface area (TPSA) is 43.6 Å². The zero-order chi connectivity index (χ0) is 26.5. The van der Waals surface area contributed by atoms with Crippen LogP contribution in [0.1, 0.15) is 89.3 Å². The van der Waals surface area contributed by atoms with E-state index < -0.39 is 0 Å². The maximum atomic E-state index is 5.19. The average Bonchev–Trinajstić information content (AvgIpc) is 3.29. The minimum atomic E-state index is -0.380. The fourth-order valence-electron chi connectivity index (χ4n) is 4.43. The van der Waals surface area contributed by atoms with Gasteiger partial charge in [0.2, 0.25) is 0 Å². The van der Waals surface area contributed by atoms with Gasteiger partial charge in [-0.25, -0.2) is 4.68 Å². The molecule has 188 valence electrons. The zero-order valence-corrected chi connectivity index (χ0v) is 23.6. The Hall–Kier alpha value is -3.27. The number of aromatic nitrogens is 4. The van der Waals surface area contributed by atoms with Crippen molar-refractivity contribution in [3.05, 3.63) is 94.7 Å². The monoisotopic (exact) mass is 480 g/mol. The zero-order valence-electron chi connectivity index (χ0n) is 23.6. The summed E-state index contributed by atoms with van der Waals surface area (Å²) in [5.41, 5.74) is 9.38. The molecular weight excluding hydrogens is 440 g/mol. The van der Waals surface area contributed by atoms with Crippen LogP contribution >= 0.6 is 0 Å². The minimum absolute atomic E-state index is 0.0126. The Morgan fingerprint density at radius 1 is 0.667 bits per heavy atom. The van der Waals surface area contributed by atoms with Gasteiger partial charge in [-0.3, -0.25) is 9.97 Å². The number of nitrogens with zero attached hydrogens (tertiary/aromatic N) is 4. The Bertz CT molecular complexity index is 1390.